The fraction of sp³-hybridized carbons (Fsp3) is 0.500. The van der Waals surface area contributed by atoms with Gasteiger partial charge >= 0.3 is 0 Å². The third-order valence-electron chi connectivity index (χ3n) is 3.90. The van der Waals surface area contributed by atoms with Crippen LogP contribution in [-0.4, -0.2) is 22.1 Å². The summed E-state index contributed by atoms with van der Waals surface area (Å²) in [6.45, 7) is 7.97. The summed E-state index contributed by atoms with van der Waals surface area (Å²) >= 11 is 0. The lowest BCUT2D eigenvalue weighted by atomic mass is 10.1. The van der Waals surface area contributed by atoms with Crippen LogP contribution >= 0.6 is 0 Å². The molecule has 1 heterocycles. The minimum atomic E-state index is 0.524. The number of benzene rings is 1. The van der Waals surface area contributed by atoms with E-state index in [2.05, 4.69) is 46.6 Å². The summed E-state index contributed by atoms with van der Waals surface area (Å²) in [6, 6.07) is 8.87. The minimum Gasteiger partial charge on any atom is -0.329 e. The lowest BCUT2D eigenvalue weighted by Crippen LogP contribution is -2.32. The van der Waals surface area contributed by atoms with E-state index >= 15 is 0 Å². The van der Waals surface area contributed by atoms with Gasteiger partial charge in [0, 0.05) is 12.6 Å². The molecule has 1 atom stereocenters. The summed E-state index contributed by atoms with van der Waals surface area (Å²) in [6.07, 6.45) is 10.2. The second-order valence-corrected chi connectivity index (χ2v) is 5.57. The average molecular weight is 285 g/mol. The lowest BCUT2D eigenvalue weighted by molar-refractivity contribution is 0.419. The Morgan fingerprint density at radius 2 is 2.14 bits per heavy atom. The molecule has 0 amide bonds. The molecule has 0 fully saturated rings. The highest BCUT2D eigenvalue weighted by Gasteiger charge is 2.10. The Morgan fingerprint density at radius 1 is 1.29 bits per heavy atom. The van der Waals surface area contributed by atoms with Crippen molar-refractivity contribution in [1.29, 1.82) is 0 Å². The summed E-state index contributed by atoms with van der Waals surface area (Å²) in [7, 11) is 0. The highest BCUT2D eigenvalue weighted by Crippen LogP contribution is 2.14. The number of fused-ring (bicyclic) bond motifs is 1. The van der Waals surface area contributed by atoms with Crippen LogP contribution in [0.3, 0.4) is 0 Å². The largest absolute Gasteiger partial charge is 0.329 e. The zero-order chi connectivity index (χ0) is 14.9. The van der Waals surface area contributed by atoms with E-state index in [1.54, 1.807) is 0 Å². The van der Waals surface area contributed by atoms with Gasteiger partial charge in [-0.2, -0.15) is 0 Å². The molecule has 2 aromatic rings. The topological polar surface area (TPSA) is 29.9 Å². The molecule has 0 aliphatic carbocycles. The van der Waals surface area contributed by atoms with E-state index in [1.165, 1.54) is 31.2 Å². The SMILES string of the molecule is C=CCCCCCC(Cn1cnc2ccccc21)NCC. The number of nitrogens with one attached hydrogen (secondary N) is 1. The van der Waals surface area contributed by atoms with Crippen molar-refractivity contribution in [2.45, 2.75) is 51.6 Å². The maximum atomic E-state index is 4.48. The smallest absolute Gasteiger partial charge is 0.0958 e. The molecule has 0 radical (unpaired) electrons. The summed E-state index contributed by atoms with van der Waals surface area (Å²) < 4.78 is 2.27. The Kier molecular flexibility index (Phi) is 6.48. The first-order valence-electron chi connectivity index (χ1n) is 8.09. The van der Waals surface area contributed by atoms with Gasteiger partial charge in [-0.25, -0.2) is 4.98 Å². The Balaban J connectivity index is 1.91. The van der Waals surface area contributed by atoms with Gasteiger partial charge in [0.25, 0.3) is 0 Å². The van der Waals surface area contributed by atoms with Crippen LogP contribution in [0.25, 0.3) is 11.0 Å². The maximum absolute atomic E-state index is 4.48. The van der Waals surface area contributed by atoms with Crippen molar-refractivity contribution in [3.8, 4) is 0 Å². The number of likely N-dealkylation sites (N-methyl/N-ethyl adjacent to an activating group) is 1. The maximum Gasteiger partial charge on any atom is 0.0958 e. The predicted molar refractivity (Wildman–Crippen MR) is 90.5 cm³/mol. The Bertz CT molecular complexity index is 544. The highest BCUT2D eigenvalue weighted by atomic mass is 15.1. The molecule has 0 aliphatic rings. The molecule has 21 heavy (non-hydrogen) atoms. The molecule has 0 spiro atoms. The van der Waals surface area contributed by atoms with Crippen LogP contribution in [0.2, 0.25) is 0 Å². The van der Waals surface area contributed by atoms with Crippen LogP contribution in [0.5, 0.6) is 0 Å². The highest BCUT2D eigenvalue weighted by molar-refractivity contribution is 5.74. The summed E-state index contributed by atoms with van der Waals surface area (Å²) in [4.78, 5) is 4.48. The first-order chi connectivity index (χ1) is 10.3. The quantitative estimate of drug-likeness (QED) is 0.525. The number of rotatable bonds is 10. The molecule has 3 heteroatoms. The van der Waals surface area contributed by atoms with Gasteiger partial charge < -0.3 is 9.88 Å². The van der Waals surface area contributed by atoms with Crippen LogP contribution in [0.4, 0.5) is 0 Å². The number of aromatic nitrogens is 2. The summed E-state index contributed by atoms with van der Waals surface area (Å²) in [5, 5.41) is 3.61. The minimum absolute atomic E-state index is 0.524. The molecule has 0 saturated heterocycles. The number of nitrogens with zero attached hydrogens (tertiary/aromatic N) is 2. The molecular formula is C18H27N3. The number of allylic oxidation sites excluding steroid dienone is 1. The molecule has 0 saturated carbocycles. The number of para-hydroxylation sites is 2. The first-order valence-corrected chi connectivity index (χ1v) is 8.09. The molecule has 1 aromatic heterocycles. The van der Waals surface area contributed by atoms with Crippen LogP contribution in [0.15, 0.2) is 43.2 Å². The van der Waals surface area contributed by atoms with Gasteiger partial charge in [0.1, 0.15) is 0 Å². The van der Waals surface area contributed by atoms with Crippen LogP contribution in [-0.2, 0) is 6.54 Å². The van der Waals surface area contributed by atoms with Crippen molar-refractivity contribution in [1.82, 2.24) is 14.9 Å². The molecule has 1 aromatic carbocycles. The molecule has 2 rings (SSSR count). The Hall–Kier alpha value is -1.61. The molecule has 0 aliphatic heterocycles. The first kappa shape index (κ1) is 15.8. The van der Waals surface area contributed by atoms with E-state index in [1.807, 2.05) is 18.5 Å². The fourth-order valence-electron chi connectivity index (χ4n) is 2.80. The van der Waals surface area contributed by atoms with Crippen molar-refractivity contribution >= 4 is 11.0 Å². The number of hydrogen-bond acceptors (Lipinski definition) is 2. The Labute approximate surface area is 128 Å². The molecule has 1 N–H and O–H groups in total. The zero-order valence-electron chi connectivity index (χ0n) is 13.1. The Morgan fingerprint density at radius 3 is 2.95 bits per heavy atom. The van der Waals surface area contributed by atoms with E-state index in [0.29, 0.717) is 6.04 Å². The fourth-order valence-corrected chi connectivity index (χ4v) is 2.80. The van der Waals surface area contributed by atoms with Crippen molar-refractivity contribution in [2.75, 3.05) is 6.54 Å². The van der Waals surface area contributed by atoms with Crippen LogP contribution in [0, 0.1) is 0 Å². The van der Waals surface area contributed by atoms with Gasteiger partial charge in [-0.05, 0) is 37.9 Å². The third kappa shape index (κ3) is 4.71. The normalized spacial score (nSPS) is 12.6. The molecule has 3 nitrogen and oxygen atoms in total. The van der Waals surface area contributed by atoms with E-state index in [0.717, 1.165) is 25.0 Å². The standard InChI is InChI=1S/C18H27N3/c1-3-5-6-7-8-11-16(19-4-2)14-21-15-20-17-12-9-10-13-18(17)21/h3,9-10,12-13,15-16,19H,1,4-8,11,14H2,2H3. The van der Waals surface area contributed by atoms with Crippen LogP contribution in [0.1, 0.15) is 39.0 Å². The van der Waals surface area contributed by atoms with Gasteiger partial charge in [-0.1, -0.05) is 38.0 Å². The molecule has 114 valence electrons. The number of imidazole rings is 1. The van der Waals surface area contributed by atoms with Gasteiger partial charge in [0.2, 0.25) is 0 Å². The van der Waals surface area contributed by atoms with Crippen molar-refractivity contribution in [3.05, 3.63) is 43.2 Å². The van der Waals surface area contributed by atoms with Gasteiger partial charge in [0.15, 0.2) is 0 Å². The summed E-state index contributed by atoms with van der Waals surface area (Å²) in [5.74, 6) is 0. The number of hydrogen-bond donors (Lipinski definition) is 1. The predicted octanol–water partition coefficient (Wildman–Crippen LogP) is 4.15. The van der Waals surface area contributed by atoms with E-state index in [9.17, 15) is 0 Å². The lowest BCUT2D eigenvalue weighted by Gasteiger charge is -2.19. The average Bonchev–Trinajstić information content (AvgIpc) is 2.90. The molecular weight excluding hydrogens is 258 g/mol. The van der Waals surface area contributed by atoms with E-state index < -0.39 is 0 Å². The van der Waals surface area contributed by atoms with E-state index in [4.69, 9.17) is 0 Å². The zero-order valence-corrected chi connectivity index (χ0v) is 13.1. The molecule has 1 unspecified atom stereocenters. The van der Waals surface area contributed by atoms with E-state index in [-0.39, 0.29) is 0 Å². The van der Waals surface area contributed by atoms with Crippen LogP contribution < -0.4 is 5.32 Å². The monoisotopic (exact) mass is 285 g/mol. The van der Waals surface area contributed by atoms with Crippen molar-refractivity contribution < 1.29 is 0 Å². The summed E-state index contributed by atoms with van der Waals surface area (Å²) in [5.41, 5.74) is 2.31. The second-order valence-electron chi connectivity index (χ2n) is 5.57. The number of unbranched alkanes of at least 4 members (excludes halogenated alkanes) is 3. The van der Waals surface area contributed by atoms with Gasteiger partial charge in [-0.15, -0.1) is 6.58 Å². The second kappa shape index (κ2) is 8.63. The molecule has 0 bridgehead atoms. The van der Waals surface area contributed by atoms with Crippen molar-refractivity contribution in [3.63, 3.8) is 0 Å². The van der Waals surface area contributed by atoms with Gasteiger partial charge in [-0.3, -0.25) is 0 Å². The van der Waals surface area contributed by atoms with Gasteiger partial charge in [0.05, 0.1) is 17.4 Å². The third-order valence-corrected chi connectivity index (χ3v) is 3.90. The van der Waals surface area contributed by atoms with Crippen molar-refractivity contribution in [2.24, 2.45) is 0 Å².